The van der Waals surface area contributed by atoms with Gasteiger partial charge in [0, 0.05) is 12.5 Å². The molecule has 2 unspecified atom stereocenters. The number of rotatable bonds is 4. The highest BCUT2D eigenvalue weighted by Gasteiger charge is 2.21. The van der Waals surface area contributed by atoms with Gasteiger partial charge in [-0.3, -0.25) is 0 Å². The summed E-state index contributed by atoms with van der Waals surface area (Å²) < 4.78 is 4.85. The summed E-state index contributed by atoms with van der Waals surface area (Å²) in [5.74, 6) is 0.809. The molecule has 0 radical (unpaired) electrons. The highest BCUT2D eigenvalue weighted by molar-refractivity contribution is 4.92. The molecule has 74 valence electrons. The molecule has 1 aromatic rings. The monoisotopic (exact) mass is 185 g/mol. The third kappa shape index (κ3) is 2.26. The van der Waals surface area contributed by atoms with Crippen molar-refractivity contribution in [2.45, 2.75) is 38.8 Å². The average molecular weight is 185 g/mol. The van der Waals surface area contributed by atoms with Crippen LogP contribution in [0.1, 0.15) is 38.1 Å². The van der Waals surface area contributed by atoms with Crippen LogP contribution >= 0.6 is 0 Å². The minimum Gasteiger partial charge on any atom is -0.382 e. The van der Waals surface area contributed by atoms with Gasteiger partial charge in [0.05, 0.1) is 0 Å². The fourth-order valence-electron chi connectivity index (χ4n) is 0.938. The molecule has 0 spiro atoms. The van der Waals surface area contributed by atoms with Crippen LogP contribution in [0, 0.1) is 0 Å². The molecule has 0 saturated carbocycles. The maximum Gasteiger partial charge on any atom is 0.257 e. The normalized spacial score (nSPS) is 15.7. The molecule has 1 heterocycles. The molecule has 2 atom stereocenters. The number of aryl methyl sites for hydroxylation is 1. The number of hydrogen-bond donors (Lipinski definition) is 2. The van der Waals surface area contributed by atoms with Gasteiger partial charge in [0.2, 0.25) is 0 Å². The lowest BCUT2D eigenvalue weighted by molar-refractivity contribution is 0.105. The second-order valence-electron chi connectivity index (χ2n) is 2.92. The van der Waals surface area contributed by atoms with Crippen molar-refractivity contribution in [1.29, 1.82) is 0 Å². The van der Waals surface area contributed by atoms with Gasteiger partial charge in [-0.2, -0.15) is 4.98 Å². The van der Waals surface area contributed by atoms with Crippen molar-refractivity contribution in [2.75, 3.05) is 0 Å². The largest absolute Gasteiger partial charge is 0.382 e. The maximum atomic E-state index is 9.58. The molecule has 13 heavy (non-hydrogen) atoms. The van der Waals surface area contributed by atoms with E-state index in [1.807, 2.05) is 13.8 Å². The smallest absolute Gasteiger partial charge is 0.257 e. The fourth-order valence-corrected chi connectivity index (χ4v) is 0.938. The summed E-state index contributed by atoms with van der Waals surface area (Å²) in [6.07, 6.45) is 0.514. The summed E-state index contributed by atoms with van der Waals surface area (Å²) in [5, 5.41) is 13.2. The topological polar surface area (TPSA) is 85.2 Å². The summed E-state index contributed by atoms with van der Waals surface area (Å²) in [6, 6.07) is -0.342. The van der Waals surface area contributed by atoms with E-state index < -0.39 is 6.10 Å². The van der Waals surface area contributed by atoms with E-state index in [9.17, 15) is 5.11 Å². The van der Waals surface area contributed by atoms with Crippen molar-refractivity contribution in [3.63, 3.8) is 0 Å². The van der Waals surface area contributed by atoms with Crippen LogP contribution in [0.3, 0.4) is 0 Å². The Hall–Kier alpha value is -0.940. The molecule has 1 rings (SSSR count). The molecule has 0 bridgehead atoms. The fraction of sp³-hybridized carbons (Fsp3) is 0.750. The average Bonchev–Trinajstić information content (AvgIpc) is 2.63. The van der Waals surface area contributed by atoms with Crippen molar-refractivity contribution < 1.29 is 9.63 Å². The Morgan fingerprint density at radius 2 is 2.23 bits per heavy atom. The van der Waals surface area contributed by atoms with Gasteiger partial charge >= 0.3 is 0 Å². The summed E-state index contributed by atoms with van der Waals surface area (Å²) in [7, 11) is 0. The Balaban J connectivity index is 2.70. The number of nitrogens with zero attached hydrogens (tertiary/aromatic N) is 2. The first-order valence-corrected chi connectivity index (χ1v) is 4.45. The van der Waals surface area contributed by atoms with Crippen LogP contribution in [0.5, 0.6) is 0 Å². The quantitative estimate of drug-likeness (QED) is 0.709. The second-order valence-corrected chi connectivity index (χ2v) is 2.92. The Morgan fingerprint density at radius 3 is 2.69 bits per heavy atom. The number of nitrogens with two attached hydrogens (primary N) is 1. The zero-order chi connectivity index (χ0) is 9.84. The van der Waals surface area contributed by atoms with E-state index in [0.29, 0.717) is 18.7 Å². The van der Waals surface area contributed by atoms with E-state index in [2.05, 4.69) is 10.1 Å². The van der Waals surface area contributed by atoms with Crippen LogP contribution in [-0.4, -0.2) is 21.3 Å². The first-order chi connectivity index (χ1) is 6.19. The Bertz CT molecular complexity index is 262. The summed E-state index contributed by atoms with van der Waals surface area (Å²) in [5.41, 5.74) is 5.62. The molecular formula is C8H15N3O2. The maximum absolute atomic E-state index is 9.58. The summed E-state index contributed by atoms with van der Waals surface area (Å²) in [4.78, 5) is 3.99. The molecule has 0 aromatic carbocycles. The standard InChI is InChI=1S/C8H15N3O2/c1-3-5(9)7(12)8-10-6(4-2)11-13-8/h5,7,12H,3-4,9H2,1-2H3. The van der Waals surface area contributed by atoms with Gasteiger partial charge in [-0.15, -0.1) is 0 Å². The number of aliphatic hydroxyl groups excluding tert-OH is 1. The molecule has 3 N–H and O–H groups in total. The number of aromatic nitrogens is 2. The van der Waals surface area contributed by atoms with Crippen LogP contribution in [-0.2, 0) is 6.42 Å². The SMILES string of the molecule is CCc1noc(C(O)C(N)CC)n1. The molecule has 0 saturated heterocycles. The molecule has 5 nitrogen and oxygen atoms in total. The van der Waals surface area contributed by atoms with E-state index in [1.54, 1.807) is 0 Å². The van der Waals surface area contributed by atoms with E-state index in [1.165, 1.54) is 0 Å². The molecular weight excluding hydrogens is 170 g/mol. The molecule has 5 heteroatoms. The van der Waals surface area contributed by atoms with Gasteiger partial charge in [0.15, 0.2) is 5.82 Å². The van der Waals surface area contributed by atoms with Gasteiger partial charge in [-0.25, -0.2) is 0 Å². The van der Waals surface area contributed by atoms with E-state index in [-0.39, 0.29) is 11.9 Å². The number of aliphatic hydroxyl groups is 1. The molecule has 0 aliphatic heterocycles. The zero-order valence-electron chi connectivity index (χ0n) is 7.90. The Labute approximate surface area is 76.9 Å². The Kier molecular flexibility index (Phi) is 3.39. The van der Waals surface area contributed by atoms with Crippen molar-refractivity contribution in [3.05, 3.63) is 11.7 Å². The highest BCUT2D eigenvalue weighted by atomic mass is 16.5. The van der Waals surface area contributed by atoms with Crippen LogP contribution in [0.4, 0.5) is 0 Å². The molecule has 0 amide bonds. The molecule has 0 fully saturated rings. The van der Waals surface area contributed by atoms with Crippen molar-refractivity contribution >= 4 is 0 Å². The van der Waals surface area contributed by atoms with Crippen LogP contribution in [0.15, 0.2) is 4.52 Å². The molecule has 0 aliphatic carbocycles. The van der Waals surface area contributed by atoms with Crippen molar-refractivity contribution in [3.8, 4) is 0 Å². The second kappa shape index (κ2) is 4.34. The van der Waals surface area contributed by atoms with Gasteiger partial charge in [0.25, 0.3) is 5.89 Å². The van der Waals surface area contributed by atoms with Gasteiger partial charge in [-0.1, -0.05) is 19.0 Å². The minimum atomic E-state index is -0.849. The molecule has 1 aromatic heterocycles. The van der Waals surface area contributed by atoms with Gasteiger partial charge in [-0.05, 0) is 6.42 Å². The van der Waals surface area contributed by atoms with Crippen LogP contribution < -0.4 is 5.73 Å². The van der Waals surface area contributed by atoms with Crippen molar-refractivity contribution in [1.82, 2.24) is 10.1 Å². The third-order valence-corrected chi connectivity index (χ3v) is 1.93. The number of hydrogen-bond acceptors (Lipinski definition) is 5. The summed E-state index contributed by atoms with van der Waals surface area (Å²) >= 11 is 0. The lowest BCUT2D eigenvalue weighted by atomic mass is 10.1. The Morgan fingerprint density at radius 1 is 1.54 bits per heavy atom. The predicted molar refractivity (Wildman–Crippen MR) is 46.9 cm³/mol. The highest BCUT2D eigenvalue weighted by Crippen LogP contribution is 2.15. The van der Waals surface area contributed by atoms with Gasteiger partial charge in [0.1, 0.15) is 6.10 Å². The first kappa shape index (κ1) is 10.1. The van der Waals surface area contributed by atoms with Crippen molar-refractivity contribution in [2.24, 2.45) is 5.73 Å². The lowest BCUT2D eigenvalue weighted by Gasteiger charge is -2.11. The van der Waals surface area contributed by atoms with E-state index in [4.69, 9.17) is 10.3 Å². The van der Waals surface area contributed by atoms with Gasteiger partial charge < -0.3 is 15.4 Å². The van der Waals surface area contributed by atoms with E-state index in [0.717, 1.165) is 0 Å². The first-order valence-electron chi connectivity index (χ1n) is 4.45. The van der Waals surface area contributed by atoms with Crippen LogP contribution in [0.2, 0.25) is 0 Å². The van der Waals surface area contributed by atoms with Crippen LogP contribution in [0.25, 0.3) is 0 Å². The predicted octanol–water partition coefficient (Wildman–Crippen LogP) is 0.403. The third-order valence-electron chi connectivity index (χ3n) is 1.93. The lowest BCUT2D eigenvalue weighted by Crippen LogP contribution is -2.27. The summed E-state index contributed by atoms with van der Waals surface area (Å²) in [6.45, 7) is 3.81. The zero-order valence-corrected chi connectivity index (χ0v) is 7.90. The minimum absolute atomic E-state index is 0.214. The molecule has 0 aliphatic rings. The van der Waals surface area contributed by atoms with E-state index >= 15 is 0 Å².